The number of aryl methyl sites for hydroxylation is 1. The first kappa shape index (κ1) is 17.1. The minimum atomic E-state index is -4.41. The highest BCUT2D eigenvalue weighted by molar-refractivity contribution is 6.05. The van der Waals surface area contributed by atoms with Crippen molar-refractivity contribution < 1.29 is 18.0 Å². The maximum absolute atomic E-state index is 12.6. The SMILES string of the molecule is Cc1cccc(C(C)C)c1NC(=O)c1ccc(C(F)(F)F)cc1. The van der Waals surface area contributed by atoms with Crippen molar-refractivity contribution in [2.45, 2.75) is 32.9 Å². The number of para-hydroxylation sites is 1. The van der Waals surface area contributed by atoms with Gasteiger partial charge in [-0.25, -0.2) is 0 Å². The van der Waals surface area contributed by atoms with Gasteiger partial charge in [-0.2, -0.15) is 13.2 Å². The summed E-state index contributed by atoms with van der Waals surface area (Å²) < 4.78 is 37.7. The van der Waals surface area contributed by atoms with E-state index in [-0.39, 0.29) is 11.5 Å². The first-order chi connectivity index (χ1) is 10.7. The van der Waals surface area contributed by atoms with Crippen LogP contribution in [0.4, 0.5) is 18.9 Å². The van der Waals surface area contributed by atoms with Gasteiger partial charge in [0.2, 0.25) is 0 Å². The standard InChI is InChI=1S/C18H18F3NO/c1-11(2)15-6-4-5-12(3)16(15)22-17(23)13-7-9-14(10-8-13)18(19,20)21/h4-11H,1-3H3,(H,22,23). The Balaban J connectivity index is 2.26. The fourth-order valence-corrected chi connectivity index (χ4v) is 2.34. The van der Waals surface area contributed by atoms with Crippen LogP contribution in [0, 0.1) is 6.92 Å². The van der Waals surface area contributed by atoms with Crippen LogP contribution in [0.5, 0.6) is 0 Å². The molecular formula is C18H18F3NO. The first-order valence-corrected chi connectivity index (χ1v) is 7.28. The fourth-order valence-electron chi connectivity index (χ4n) is 2.34. The average Bonchev–Trinajstić information content (AvgIpc) is 2.48. The number of amides is 1. The Kier molecular flexibility index (Phi) is 4.78. The molecule has 1 N–H and O–H groups in total. The number of anilines is 1. The molecule has 0 bridgehead atoms. The first-order valence-electron chi connectivity index (χ1n) is 7.28. The second kappa shape index (κ2) is 6.44. The van der Waals surface area contributed by atoms with Crippen LogP contribution in [0.3, 0.4) is 0 Å². The number of carbonyl (C=O) groups is 1. The van der Waals surface area contributed by atoms with E-state index in [4.69, 9.17) is 0 Å². The average molecular weight is 321 g/mol. The largest absolute Gasteiger partial charge is 0.416 e. The molecule has 0 unspecified atom stereocenters. The summed E-state index contributed by atoms with van der Waals surface area (Å²) in [5, 5.41) is 2.81. The monoisotopic (exact) mass is 321 g/mol. The number of hydrogen-bond donors (Lipinski definition) is 1. The Morgan fingerprint density at radius 3 is 2.17 bits per heavy atom. The zero-order valence-corrected chi connectivity index (χ0v) is 13.2. The predicted octanol–water partition coefficient (Wildman–Crippen LogP) is 5.39. The lowest BCUT2D eigenvalue weighted by molar-refractivity contribution is -0.137. The van der Waals surface area contributed by atoms with E-state index in [0.29, 0.717) is 5.69 Å². The fraction of sp³-hybridized carbons (Fsp3) is 0.278. The van der Waals surface area contributed by atoms with E-state index in [2.05, 4.69) is 5.32 Å². The second-order valence-corrected chi connectivity index (χ2v) is 5.72. The van der Waals surface area contributed by atoms with E-state index in [1.807, 2.05) is 39.0 Å². The summed E-state index contributed by atoms with van der Waals surface area (Å²) in [5.74, 6) is -0.201. The number of hydrogen-bond acceptors (Lipinski definition) is 1. The minimum absolute atomic E-state index is 0.191. The second-order valence-electron chi connectivity index (χ2n) is 5.72. The Hall–Kier alpha value is -2.30. The molecule has 0 fully saturated rings. The molecule has 0 atom stereocenters. The van der Waals surface area contributed by atoms with E-state index >= 15 is 0 Å². The molecular weight excluding hydrogens is 303 g/mol. The van der Waals surface area contributed by atoms with Gasteiger partial charge in [-0.05, 0) is 48.2 Å². The summed E-state index contributed by atoms with van der Waals surface area (Å²) in [4.78, 5) is 12.3. The molecule has 23 heavy (non-hydrogen) atoms. The molecule has 0 aliphatic carbocycles. The summed E-state index contributed by atoms with van der Waals surface area (Å²) >= 11 is 0. The molecule has 0 aliphatic heterocycles. The molecule has 0 aromatic heterocycles. The maximum Gasteiger partial charge on any atom is 0.416 e. The molecule has 2 rings (SSSR count). The van der Waals surface area contributed by atoms with Crippen LogP contribution >= 0.6 is 0 Å². The van der Waals surface area contributed by atoms with Gasteiger partial charge in [-0.1, -0.05) is 32.0 Å². The third-order valence-electron chi connectivity index (χ3n) is 3.64. The smallest absolute Gasteiger partial charge is 0.321 e. The van der Waals surface area contributed by atoms with Crippen molar-refractivity contribution in [2.24, 2.45) is 0 Å². The van der Waals surface area contributed by atoms with Gasteiger partial charge in [0.1, 0.15) is 0 Å². The lowest BCUT2D eigenvalue weighted by atomic mass is 9.98. The quantitative estimate of drug-likeness (QED) is 0.807. The lowest BCUT2D eigenvalue weighted by Crippen LogP contribution is -2.15. The topological polar surface area (TPSA) is 29.1 Å². The predicted molar refractivity (Wildman–Crippen MR) is 84.7 cm³/mol. The van der Waals surface area contributed by atoms with Crippen LogP contribution < -0.4 is 5.32 Å². The number of benzene rings is 2. The van der Waals surface area contributed by atoms with E-state index in [0.717, 1.165) is 23.3 Å². The van der Waals surface area contributed by atoms with Gasteiger partial charge in [0, 0.05) is 11.3 Å². The van der Waals surface area contributed by atoms with Gasteiger partial charge >= 0.3 is 6.18 Å². The van der Waals surface area contributed by atoms with Gasteiger partial charge in [-0.3, -0.25) is 4.79 Å². The summed E-state index contributed by atoms with van der Waals surface area (Å²) in [6, 6.07) is 9.93. The molecule has 1 amide bonds. The summed E-state index contributed by atoms with van der Waals surface area (Å²) in [6.45, 7) is 5.92. The third-order valence-corrected chi connectivity index (χ3v) is 3.64. The normalized spacial score (nSPS) is 11.6. The van der Waals surface area contributed by atoms with E-state index in [1.54, 1.807) is 0 Å². The van der Waals surface area contributed by atoms with Crippen LogP contribution in [0.2, 0.25) is 0 Å². The molecule has 0 saturated heterocycles. The Labute approximate surface area is 133 Å². The summed E-state index contributed by atoms with van der Waals surface area (Å²) in [6.07, 6.45) is -4.41. The molecule has 5 heteroatoms. The number of rotatable bonds is 3. The molecule has 0 aliphatic rings. The van der Waals surface area contributed by atoms with Crippen LogP contribution in [0.1, 0.15) is 46.8 Å². The lowest BCUT2D eigenvalue weighted by Gasteiger charge is -2.16. The Morgan fingerprint density at radius 2 is 1.65 bits per heavy atom. The van der Waals surface area contributed by atoms with Crippen molar-refractivity contribution in [3.63, 3.8) is 0 Å². The van der Waals surface area contributed by atoms with Crippen molar-refractivity contribution >= 4 is 11.6 Å². The zero-order chi connectivity index (χ0) is 17.2. The van der Waals surface area contributed by atoms with Crippen LogP contribution in [-0.4, -0.2) is 5.91 Å². The number of carbonyl (C=O) groups excluding carboxylic acids is 1. The van der Waals surface area contributed by atoms with Crippen molar-refractivity contribution in [3.05, 3.63) is 64.7 Å². The molecule has 0 saturated carbocycles. The minimum Gasteiger partial charge on any atom is -0.321 e. The highest BCUT2D eigenvalue weighted by atomic mass is 19.4. The molecule has 0 heterocycles. The summed E-state index contributed by atoms with van der Waals surface area (Å²) in [7, 11) is 0. The Bertz CT molecular complexity index is 703. The molecule has 2 aromatic carbocycles. The highest BCUT2D eigenvalue weighted by Crippen LogP contribution is 2.30. The third kappa shape index (κ3) is 3.92. The number of halogens is 3. The summed E-state index contributed by atoms with van der Waals surface area (Å²) in [5.41, 5.74) is 2.04. The molecule has 122 valence electrons. The number of nitrogens with one attached hydrogen (secondary N) is 1. The van der Waals surface area contributed by atoms with Gasteiger partial charge in [0.15, 0.2) is 0 Å². The van der Waals surface area contributed by atoms with E-state index in [9.17, 15) is 18.0 Å². The van der Waals surface area contributed by atoms with E-state index in [1.165, 1.54) is 12.1 Å². The zero-order valence-electron chi connectivity index (χ0n) is 13.2. The van der Waals surface area contributed by atoms with Crippen LogP contribution in [-0.2, 0) is 6.18 Å². The van der Waals surface area contributed by atoms with Crippen molar-refractivity contribution in [2.75, 3.05) is 5.32 Å². The van der Waals surface area contributed by atoms with Crippen LogP contribution in [0.25, 0.3) is 0 Å². The van der Waals surface area contributed by atoms with Crippen molar-refractivity contribution in [1.29, 1.82) is 0 Å². The van der Waals surface area contributed by atoms with Gasteiger partial charge in [-0.15, -0.1) is 0 Å². The van der Waals surface area contributed by atoms with E-state index < -0.39 is 17.6 Å². The maximum atomic E-state index is 12.6. The molecule has 0 spiro atoms. The molecule has 0 radical (unpaired) electrons. The van der Waals surface area contributed by atoms with Gasteiger partial charge in [0.25, 0.3) is 5.91 Å². The van der Waals surface area contributed by atoms with Crippen LogP contribution in [0.15, 0.2) is 42.5 Å². The molecule has 2 nitrogen and oxygen atoms in total. The van der Waals surface area contributed by atoms with Crippen molar-refractivity contribution in [3.8, 4) is 0 Å². The molecule has 2 aromatic rings. The Morgan fingerprint density at radius 1 is 1.04 bits per heavy atom. The highest BCUT2D eigenvalue weighted by Gasteiger charge is 2.30. The van der Waals surface area contributed by atoms with Gasteiger partial charge < -0.3 is 5.32 Å². The number of alkyl halides is 3. The van der Waals surface area contributed by atoms with Gasteiger partial charge in [0.05, 0.1) is 5.56 Å². The van der Waals surface area contributed by atoms with Crippen molar-refractivity contribution in [1.82, 2.24) is 0 Å².